The van der Waals surface area contributed by atoms with Crippen LogP contribution in [0.3, 0.4) is 0 Å². The number of carbonyl (C=O) groups is 2. The maximum absolute atomic E-state index is 12.9. The van der Waals surface area contributed by atoms with Gasteiger partial charge < -0.3 is 10.6 Å². The zero-order chi connectivity index (χ0) is 18.3. The molecule has 0 spiro atoms. The second-order valence-corrected chi connectivity index (χ2v) is 10.1. The lowest BCUT2D eigenvalue weighted by atomic mass is 9.53. The van der Waals surface area contributed by atoms with Gasteiger partial charge in [-0.25, -0.2) is 0 Å². The number of carbonyl (C=O) groups excluding carboxylic acids is 2. The molecule has 4 fully saturated rings. The Morgan fingerprint density at radius 3 is 2.08 bits per heavy atom. The highest BCUT2D eigenvalue weighted by Crippen LogP contribution is 2.55. The topological polar surface area (TPSA) is 58.2 Å². The molecular formula is C21H28N2O2S. The zero-order valence-electron chi connectivity index (χ0n) is 15.6. The molecule has 5 rings (SSSR count). The van der Waals surface area contributed by atoms with Crippen molar-refractivity contribution in [3.63, 3.8) is 0 Å². The molecule has 0 saturated heterocycles. The molecule has 1 atom stereocenters. The van der Waals surface area contributed by atoms with Gasteiger partial charge >= 0.3 is 0 Å². The Balaban J connectivity index is 1.35. The highest BCUT2D eigenvalue weighted by molar-refractivity contribution is 8.00. The van der Waals surface area contributed by atoms with E-state index < -0.39 is 0 Å². The van der Waals surface area contributed by atoms with Crippen molar-refractivity contribution in [2.24, 2.45) is 17.8 Å². The third-order valence-corrected chi connectivity index (χ3v) is 7.40. The van der Waals surface area contributed by atoms with Crippen molar-refractivity contribution in [3.8, 4) is 0 Å². The first-order chi connectivity index (χ1) is 12.4. The Bertz CT molecular complexity index is 665. The average Bonchev–Trinajstić information content (AvgIpc) is 2.54. The van der Waals surface area contributed by atoms with E-state index in [1.807, 2.05) is 31.2 Å². The highest BCUT2D eigenvalue weighted by Gasteiger charge is 2.51. The molecule has 0 aliphatic heterocycles. The first-order valence-electron chi connectivity index (χ1n) is 9.77. The summed E-state index contributed by atoms with van der Waals surface area (Å²) >= 11 is 1.58. The van der Waals surface area contributed by atoms with Crippen molar-refractivity contribution in [1.82, 2.24) is 5.32 Å². The van der Waals surface area contributed by atoms with Crippen LogP contribution in [-0.2, 0) is 9.59 Å². The molecule has 0 heterocycles. The maximum atomic E-state index is 12.9. The molecule has 5 heteroatoms. The van der Waals surface area contributed by atoms with Crippen LogP contribution < -0.4 is 10.6 Å². The van der Waals surface area contributed by atoms with Gasteiger partial charge in [-0.05, 0) is 87.5 Å². The summed E-state index contributed by atoms with van der Waals surface area (Å²) in [6.07, 6.45) is 7.73. The highest BCUT2D eigenvalue weighted by atomic mass is 32.2. The summed E-state index contributed by atoms with van der Waals surface area (Å²) in [5.74, 6) is 2.61. The molecule has 1 unspecified atom stereocenters. The van der Waals surface area contributed by atoms with Gasteiger partial charge in [0.2, 0.25) is 11.8 Å². The molecule has 2 N–H and O–H groups in total. The van der Waals surface area contributed by atoms with Crippen molar-refractivity contribution in [2.45, 2.75) is 68.1 Å². The smallest absolute Gasteiger partial charge is 0.233 e. The molecule has 26 heavy (non-hydrogen) atoms. The molecule has 0 radical (unpaired) electrons. The summed E-state index contributed by atoms with van der Waals surface area (Å²) in [5, 5.41) is 6.12. The van der Waals surface area contributed by atoms with Crippen LogP contribution in [0.2, 0.25) is 0 Å². The number of thioether (sulfide) groups is 1. The summed E-state index contributed by atoms with van der Waals surface area (Å²) in [6.45, 7) is 3.49. The van der Waals surface area contributed by atoms with E-state index in [0.29, 0.717) is 0 Å². The molecule has 4 bridgehead atoms. The van der Waals surface area contributed by atoms with Crippen LogP contribution in [0, 0.1) is 17.8 Å². The van der Waals surface area contributed by atoms with Gasteiger partial charge in [0.15, 0.2) is 0 Å². The van der Waals surface area contributed by atoms with Crippen molar-refractivity contribution in [1.29, 1.82) is 0 Å². The van der Waals surface area contributed by atoms with Gasteiger partial charge in [-0.15, -0.1) is 11.8 Å². The minimum absolute atomic E-state index is 0.0753. The van der Waals surface area contributed by atoms with Crippen LogP contribution in [0.15, 0.2) is 29.2 Å². The van der Waals surface area contributed by atoms with Gasteiger partial charge in [0, 0.05) is 23.0 Å². The van der Waals surface area contributed by atoms with Crippen LogP contribution in [0.1, 0.15) is 52.4 Å². The number of hydrogen-bond acceptors (Lipinski definition) is 3. The van der Waals surface area contributed by atoms with Gasteiger partial charge in [0.05, 0.1) is 5.25 Å². The van der Waals surface area contributed by atoms with E-state index in [9.17, 15) is 9.59 Å². The fourth-order valence-electron chi connectivity index (χ4n) is 5.70. The van der Waals surface area contributed by atoms with Crippen LogP contribution in [0.5, 0.6) is 0 Å². The summed E-state index contributed by atoms with van der Waals surface area (Å²) in [4.78, 5) is 25.0. The lowest BCUT2D eigenvalue weighted by Crippen LogP contribution is -2.60. The monoisotopic (exact) mass is 372 g/mol. The summed E-state index contributed by atoms with van der Waals surface area (Å²) in [6, 6.07) is 7.69. The molecule has 140 valence electrons. The number of amides is 2. The predicted molar refractivity (Wildman–Crippen MR) is 105 cm³/mol. The zero-order valence-corrected chi connectivity index (χ0v) is 16.4. The van der Waals surface area contributed by atoms with Gasteiger partial charge in [0.25, 0.3) is 0 Å². The first-order valence-corrected chi connectivity index (χ1v) is 10.7. The lowest BCUT2D eigenvalue weighted by molar-refractivity contribution is -0.126. The summed E-state index contributed by atoms with van der Waals surface area (Å²) in [7, 11) is 0. The minimum Gasteiger partial charge on any atom is -0.350 e. The Morgan fingerprint density at radius 1 is 1.04 bits per heavy atom. The third kappa shape index (κ3) is 3.78. The molecule has 1 aromatic carbocycles. The Hall–Kier alpha value is -1.49. The number of rotatable bonds is 5. The van der Waals surface area contributed by atoms with Crippen LogP contribution >= 0.6 is 11.8 Å². The van der Waals surface area contributed by atoms with Gasteiger partial charge in [-0.3, -0.25) is 9.59 Å². The quantitative estimate of drug-likeness (QED) is 0.761. The molecule has 4 saturated carbocycles. The Morgan fingerprint density at radius 2 is 1.58 bits per heavy atom. The van der Waals surface area contributed by atoms with Crippen LogP contribution in [0.25, 0.3) is 0 Å². The van der Waals surface area contributed by atoms with E-state index in [1.165, 1.54) is 45.4 Å². The van der Waals surface area contributed by atoms with Crippen LogP contribution in [-0.4, -0.2) is 22.6 Å². The van der Waals surface area contributed by atoms with E-state index in [2.05, 4.69) is 10.6 Å². The maximum Gasteiger partial charge on any atom is 0.233 e. The summed E-state index contributed by atoms with van der Waals surface area (Å²) < 4.78 is 0. The summed E-state index contributed by atoms with van der Waals surface area (Å²) in [5.41, 5.74) is 0.864. The SMILES string of the molecule is CC(=O)Nc1ccc(SC(C)C(=O)NC23CC4CC(CC(C4)C2)C3)cc1. The number of hydrogen-bond donors (Lipinski definition) is 2. The predicted octanol–water partition coefficient (Wildman–Crippen LogP) is 4.21. The molecular weight excluding hydrogens is 344 g/mol. The molecule has 4 aliphatic carbocycles. The minimum atomic E-state index is -0.116. The first kappa shape index (κ1) is 17.9. The standard InChI is InChI=1S/C21H28N2O2S/c1-13(26-19-5-3-18(4-6-19)22-14(2)24)20(25)23-21-10-15-7-16(11-21)9-17(8-15)12-21/h3-6,13,15-17H,7-12H2,1-2H3,(H,22,24)(H,23,25). The van der Waals surface area contributed by atoms with Crippen molar-refractivity contribution in [3.05, 3.63) is 24.3 Å². The lowest BCUT2D eigenvalue weighted by Gasteiger charge is -2.57. The molecule has 4 aliphatic rings. The van der Waals surface area contributed by atoms with E-state index >= 15 is 0 Å². The number of benzene rings is 1. The van der Waals surface area contributed by atoms with E-state index in [0.717, 1.165) is 28.3 Å². The third-order valence-electron chi connectivity index (χ3n) is 6.28. The fourth-order valence-corrected chi connectivity index (χ4v) is 6.57. The second-order valence-electron chi connectivity index (χ2n) is 8.65. The van der Waals surface area contributed by atoms with E-state index in [-0.39, 0.29) is 22.6 Å². The van der Waals surface area contributed by atoms with Crippen molar-refractivity contribution >= 4 is 29.3 Å². The largest absolute Gasteiger partial charge is 0.350 e. The van der Waals surface area contributed by atoms with Crippen LogP contribution in [0.4, 0.5) is 5.69 Å². The van der Waals surface area contributed by atoms with Crippen molar-refractivity contribution < 1.29 is 9.59 Å². The molecule has 0 aromatic heterocycles. The van der Waals surface area contributed by atoms with Gasteiger partial charge in [-0.1, -0.05) is 0 Å². The van der Waals surface area contributed by atoms with Gasteiger partial charge in [0.1, 0.15) is 0 Å². The van der Waals surface area contributed by atoms with E-state index in [1.54, 1.807) is 11.8 Å². The average molecular weight is 373 g/mol. The Kier molecular flexibility index (Phi) is 4.76. The number of nitrogens with one attached hydrogen (secondary N) is 2. The van der Waals surface area contributed by atoms with Crippen molar-refractivity contribution in [2.75, 3.05) is 5.32 Å². The Labute approximate surface area is 159 Å². The van der Waals surface area contributed by atoms with E-state index in [4.69, 9.17) is 0 Å². The molecule has 4 nitrogen and oxygen atoms in total. The fraction of sp³-hybridized carbons (Fsp3) is 0.619. The molecule has 2 amide bonds. The normalized spacial score (nSPS) is 32.9. The van der Waals surface area contributed by atoms with Gasteiger partial charge in [-0.2, -0.15) is 0 Å². The number of anilines is 1. The molecule has 1 aromatic rings. The second kappa shape index (κ2) is 6.91.